The number of hydrogen-bond acceptors (Lipinski definition) is 2. The molecule has 0 aromatic heterocycles. The van der Waals surface area contributed by atoms with Gasteiger partial charge in [0.05, 0.1) is 7.11 Å². The van der Waals surface area contributed by atoms with Gasteiger partial charge in [0.15, 0.2) is 0 Å². The molecular weight excluding hydrogens is 234 g/mol. The van der Waals surface area contributed by atoms with Crippen LogP contribution in [0.1, 0.15) is 52.0 Å². The maximum absolute atomic E-state index is 5.19. The molecule has 0 saturated heterocycles. The number of ether oxygens (including phenoxy) is 1. The van der Waals surface area contributed by atoms with Crippen LogP contribution in [0.5, 0.6) is 5.75 Å². The van der Waals surface area contributed by atoms with Crippen LogP contribution in [-0.4, -0.2) is 19.2 Å². The summed E-state index contributed by atoms with van der Waals surface area (Å²) in [6, 6.07) is 9.65. The first-order valence-electron chi connectivity index (χ1n) is 7.54. The monoisotopic (exact) mass is 263 g/mol. The Morgan fingerprint density at radius 2 is 1.79 bits per heavy atom. The normalized spacial score (nSPS) is 12.7. The van der Waals surface area contributed by atoms with Crippen molar-refractivity contribution in [1.29, 1.82) is 0 Å². The minimum atomic E-state index is 0.567. The Morgan fingerprint density at radius 3 is 2.32 bits per heavy atom. The van der Waals surface area contributed by atoms with Crippen LogP contribution in [0, 0.1) is 0 Å². The summed E-state index contributed by atoms with van der Waals surface area (Å²) in [7, 11) is 1.71. The minimum Gasteiger partial charge on any atom is -0.497 e. The zero-order chi connectivity index (χ0) is 14.1. The van der Waals surface area contributed by atoms with Crippen molar-refractivity contribution >= 4 is 0 Å². The molecule has 0 amide bonds. The highest BCUT2D eigenvalue weighted by atomic mass is 16.5. The summed E-state index contributed by atoms with van der Waals surface area (Å²) in [5.41, 5.74) is 1.40. The molecule has 1 aromatic carbocycles. The lowest BCUT2D eigenvalue weighted by Crippen LogP contribution is -2.35. The summed E-state index contributed by atoms with van der Waals surface area (Å²) in [4.78, 5) is 0. The maximum Gasteiger partial charge on any atom is 0.118 e. The highest BCUT2D eigenvalue weighted by Gasteiger charge is 2.09. The summed E-state index contributed by atoms with van der Waals surface area (Å²) >= 11 is 0. The molecule has 0 radical (unpaired) electrons. The highest BCUT2D eigenvalue weighted by molar-refractivity contribution is 5.27. The fraction of sp³-hybridized carbons (Fsp3) is 0.647. The molecule has 1 atom stereocenters. The van der Waals surface area contributed by atoms with Crippen molar-refractivity contribution in [3.8, 4) is 5.75 Å². The fourth-order valence-electron chi connectivity index (χ4n) is 2.37. The zero-order valence-electron chi connectivity index (χ0n) is 12.9. The number of benzene rings is 1. The molecule has 108 valence electrons. The number of unbranched alkanes of at least 4 members (excludes halogenated alkanes) is 1. The average molecular weight is 263 g/mol. The number of nitrogens with one attached hydrogen (secondary N) is 1. The molecule has 1 unspecified atom stereocenters. The Morgan fingerprint density at radius 1 is 1.11 bits per heavy atom. The summed E-state index contributed by atoms with van der Waals surface area (Å²) in [5.74, 6) is 0.937. The lowest BCUT2D eigenvalue weighted by Gasteiger charge is -2.21. The molecule has 0 aliphatic rings. The summed E-state index contributed by atoms with van der Waals surface area (Å²) in [6.45, 7) is 6.72. The van der Waals surface area contributed by atoms with Gasteiger partial charge in [-0.1, -0.05) is 45.7 Å². The number of methoxy groups -OCH3 is 1. The van der Waals surface area contributed by atoms with Crippen molar-refractivity contribution < 1.29 is 4.74 Å². The van der Waals surface area contributed by atoms with Crippen molar-refractivity contribution in [3.63, 3.8) is 0 Å². The van der Waals surface area contributed by atoms with Crippen LogP contribution in [0.4, 0.5) is 0 Å². The van der Waals surface area contributed by atoms with Gasteiger partial charge >= 0.3 is 0 Å². The second-order valence-electron chi connectivity index (χ2n) is 5.55. The smallest absolute Gasteiger partial charge is 0.118 e. The first-order valence-corrected chi connectivity index (χ1v) is 7.54. The van der Waals surface area contributed by atoms with Crippen LogP contribution in [0.2, 0.25) is 0 Å². The summed E-state index contributed by atoms with van der Waals surface area (Å²) in [6.07, 6.45) is 6.22. The topological polar surface area (TPSA) is 21.3 Å². The quantitative estimate of drug-likeness (QED) is 0.721. The van der Waals surface area contributed by atoms with E-state index in [2.05, 4.69) is 38.2 Å². The highest BCUT2D eigenvalue weighted by Crippen LogP contribution is 2.15. The standard InChI is InChI=1S/C17H29NO/c1-5-6-7-16(18-14(2)3)11-8-15-9-12-17(19-4)13-10-15/h9-10,12-14,16,18H,5-8,11H2,1-4H3. The van der Waals surface area contributed by atoms with Crippen molar-refractivity contribution in [2.24, 2.45) is 0 Å². The molecule has 1 aromatic rings. The summed E-state index contributed by atoms with van der Waals surface area (Å²) < 4.78 is 5.19. The second-order valence-corrected chi connectivity index (χ2v) is 5.55. The van der Waals surface area contributed by atoms with Crippen LogP contribution in [-0.2, 0) is 6.42 Å². The number of aryl methyl sites for hydroxylation is 1. The molecule has 1 rings (SSSR count). The van der Waals surface area contributed by atoms with E-state index in [0.29, 0.717) is 12.1 Å². The van der Waals surface area contributed by atoms with E-state index in [4.69, 9.17) is 4.74 Å². The van der Waals surface area contributed by atoms with Gasteiger partial charge in [-0.05, 0) is 37.0 Å². The number of rotatable bonds is 9. The minimum absolute atomic E-state index is 0.567. The van der Waals surface area contributed by atoms with Crippen LogP contribution in [0.3, 0.4) is 0 Å². The molecule has 2 heteroatoms. The molecule has 0 saturated carbocycles. The van der Waals surface area contributed by atoms with E-state index in [1.54, 1.807) is 7.11 Å². The van der Waals surface area contributed by atoms with E-state index < -0.39 is 0 Å². The van der Waals surface area contributed by atoms with Crippen molar-refractivity contribution in [1.82, 2.24) is 5.32 Å². The third-order valence-corrected chi connectivity index (χ3v) is 3.42. The Bertz CT molecular complexity index is 332. The van der Waals surface area contributed by atoms with Gasteiger partial charge in [0.2, 0.25) is 0 Å². The molecule has 0 bridgehead atoms. The van der Waals surface area contributed by atoms with E-state index in [-0.39, 0.29) is 0 Å². The number of hydrogen-bond donors (Lipinski definition) is 1. The van der Waals surface area contributed by atoms with E-state index in [1.165, 1.54) is 31.2 Å². The Balaban J connectivity index is 2.44. The predicted molar refractivity (Wildman–Crippen MR) is 82.9 cm³/mol. The van der Waals surface area contributed by atoms with Gasteiger partial charge in [-0.3, -0.25) is 0 Å². The largest absolute Gasteiger partial charge is 0.497 e. The Labute approximate surface area is 118 Å². The van der Waals surface area contributed by atoms with Gasteiger partial charge in [-0.2, -0.15) is 0 Å². The second kappa shape index (κ2) is 8.98. The molecular formula is C17H29NO. The fourth-order valence-corrected chi connectivity index (χ4v) is 2.37. The lowest BCUT2D eigenvalue weighted by molar-refractivity contribution is 0.405. The van der Waals surface area contributed by atoms with Crippen LogP contribution < -0.4 is 10.1 Å². The molecule has 19 heavy (non-hydrogen) atoms. The van der Waals surface area contributed by atoms with Gasteiger partial charge in [-0.15, -0.1) is 0 Å². The van der Waals surface area contributed by atoms with Gasteiger partial charge < -0.3 is 10.1 Å². The van der Waals surface area contributed by atoms with Crippen LogP contribution in [0.25, 0.3) is 0 Å². The average Bonchev–Trinajstić information content (AvgIpc) is 2.42. The van der Waals surface area contributed by atoms with Crippen molar-refractivity contribution in [3.05, 3.63) is 29.8 Å². The van der Waals surface area contributed by atoms with Gasteiger partial charge in [0.1, 0.15) is 5.75 Å². The van der Waals surface area contributed by atoms with Gasteiger partial charge in [-0.25, -0.2) is 0 Å². The first-order chi connectivity index (χ1) is 9.15. The molecule has 0 aliphatic heterocycles. The zero-order valence-corrected chi connectivity index (χ0v) is 12.9. The van der Waals surface area contributed by atoms with E-state index in [0.717, 1.165) is 12.2 Å². The van der Waals surface area contributed by atoms with Crippen LogP contribution >= 0.6 is 0 Å². The first kappa shape index (κ1) is 16.0. The van der Waals surface area contributed by atoms with E-state index >= 15 is 0 Å². The van der Waals surface area contributed by atoms with E-state index in [1.807, 2.05) is 12.1 Å². The third-order valence-electron chi connectivity index (χ3n) is 3.42. The molecule has 2 nitrogen and oxygen atoms in total. The SMILES string of the molecule is CCCCC(CCc1ccc(OC)cc1)NC(C)C. The lowest BCUT2D eigenvalue weighted by atomic mass is 10.0. The molecule has 1 N–H and O–H groups in total. The van der Waals surface area contributed by atoms with E-state index in [9.17, 15) is 0 Å². The summed E-state index contributed by atoms with van der Waals surface area (Å²) in [5, 5.41) is 3.68. The predicted octanol–water partition coefficient (Wildman–Crippen LogP) is 4.18. The van der Waals surface area contributed by atoms with Crippen molar-refractivity contribution in [2.75, 3.05) is 7.11 Å². The molecule has 0 spiro atoms. The third kappa shape index (κ3) is 6.63. The maximum atomic E-state index is 5.19. The Kier molecular flexibility index (Phi) is 7.57. The molecule has 0 aliphatic carbocycles. The van der Waals surface area contributed by atoms with Gasteiger partial charge in [0.25, 0.3) is 0 Å². The molecule has 0 fully saturated rings. The molecule has 0 heterocycles. The van der Waals surface area contributed by atoms with Crippen molar-refractivity contribution in [2.45, 2.75) is 65.0 Å². The van der Waals surface area contributed by atoms with Gasteiger partial charge in [0, 0.05) is 12.1 Å². The Hall–Kier alpha value is -1.02. The van der Waals surface area contributed by atoms with Crippen LogP contribution in [0.15, 0.2) is 24.3 Å².